The molecule has 0 spiro atoms. The molecule has 0 saturated carbocycles. The molecule has 4 aromatic rings. The third-order valence-corrected chi connectivity index (χ3v) is 8.88. The number of hydrogen-bond donors (Lipinski definition) is 0. The Morgan fingerprint density at radius 3 is 1.33 bits per heavy atom. The fourth-order valence-electron chi connectivity index (χ4n) is 6.72. The van der Waals surface area contributed by atoms with Crippen molar-refractivity contribution in [3.05, 3.63) is 130 Å². The number of hydrogen-bond acceptors (Lipinski definition) is 8. The van der Waals surface area contributed by atoms with E-state index in [0.29, 0.717) is 36.2 Å². The van der Waals surface area contributed by atoms with Crippen LogP contribution in [-0.4, -0.2) is 37.7 Å². The van der Waals surface area contributed by atoms with E-state index in [4.69, 9.17) is 28.4 Å². The maximum atomic E-state index is 12.3. The number of rotatable bonds is 14. The number of carbonyl (C=O) groups is 2. The van der Waals surface area contributed by atoms with Crippen LogP contribution in [0.5, 0.6) is 23.0 Å². The van der Waals surface area contributed by atoms with E-state index in [-0.39, 0.29) is 11.1 Å². The van der Waals surface area contributed by atoms with Crippen molar-refractivity contribution in [2.24, 2.45) is 0 Å². The number of benzene rings is 4. The number of ether oxygens (including phenoxy) is 6. The van der Waals surface area contributed by atoms with E-state index in [9.17, 15) is 9.59 Å². The second kappa shape index (κ2) is 15.2. The van der Waals surface area contributed by atoms with Gasteiger partial charge in [-0.25, -0.2) is 9.59 Å². The van der Waals surface area contributed by atoms with Gasteiger partial charge in [0.1, 0.15) is 23.0 Å². The summed E-state index contributed by atoms with van der Waals surface area (Å²) in [4.78, 5) is 24.5. The zero-order chi connectivity index (χ0) is 37.0. The summed E-state index contributed by atoms with van der Waals surface area (Å²) < 4.78 is 36.3. The molecule has 0 amide bonds. The molecule has 1 aliphatic rings. The van der Waals surface area contributed by atoms with Gasteiger partial charge >= 0.3 is 11.9 Å². The molecular formula is C43H46O8. The lowest BCUT2D eigenvalue weighted by molar-refractivity contribution is -0.157. The van der Waals surface area contributed by atoms with Gasteiger partial charge in [-0.05, 0) is 75.9 Å². The highest BCUT2D eigenvalue weighted by atomic mass is 16.7. The van der Waals surface area contributed by atoms with Crippen LogP contribution in [0.2, 0.25) is 0 Å². The van der Waals surface area contributed by atoms with Crippen molar-refractivity contribution in [2.45, 2.75) is 73.4 Å². The average Bonchev–Trinajstić information content (AvgIpc) is 3.39. The summed E-state index contributed by atoms with van der Waals surface area (Å²) in [5.41, 5.74) is 7.22. The molecule has 4 aromatic carbocycles. The second-order valence-electron chi connectivity index (χ2n) is 12.6. The van der Waals surface area contributed by atoms with Crippen LogP contribution in [0.4, 0.5) is 0 Å². The zero-order valence-electron chi connectivity index (χ0n) is 30.7. The Morgan fingerprint density at radius 2 is 0.980 bits per heavy atom. The fraction of sp³-hybridized carbons (Fsp3) is 0.302. The molecule has 0 N–H and O–H groups in total. The topological polar surface area (TPSA) is 89.5 Å². The molecule has 0 saturated heterocycles. The first-order valence-electron chi connectivity index (χ1n) is 17.2. The SMILES string of the molecule is C=C(C)C(=O)OC(C)Oc1ccc(C2(c3ccc(OC(C)OC(=O)C(=C)C)c(C)c3OCC)c3ccccc3-c3ccccc32)c(OCC)c1C. The van der Waals surface area contributed by atoms with E-state index >= 15 is 0 Å². The minimum atomic E-state index is -0.912. The second-order valence-corrected chi connectivity index (χ2v) is 12.6. The van der Waals surface area contributed by atoms with Gasteiger partial charge in [-0.3, -0.25) is 0 Å². The Morgan fingerprint density at radius 1 is 0.608 bits per heavy atom. The first kappa shape index (κ1) is 36.8. The molecule has 1 aliphatic carbocycles. The highest BCUT2D eigenvalue weighted by Gasteiger charge is 2.50. The zero-order valence-corrected chi connectivity index (χ0v) is 30.7. The monoisotopic (exact) mass is 690 g/mol. The van der Waals surface area contributed by atoms with Gasteiger partial charge in [0.05, 0.1) is 18.6 Å². The van der Waals surface area contributed by atoms with E-state index in [0.717, 1.165) is 44.5 Å². The van der Waals surface area contributed by atoms with Crippen molar-refractivity contribution in [3.8, 4) is 34.1 Å². The van der Waals surface area contributed by atoms with Crippen molar-refractivity contribution >= 4 is 11.9 Å². The van der Waals surface area contributed by atoms with Crippen molar-refractivity contribution in [2.75, 3.05) is 13.2 Å². The van der Waals surface area contributed by atoms with Gasteiger partial charge in [-0.2, -0.15) is 0 Å². The third kappa shape index (κ3) is 6.83. The fourth-order valence-corrected chi connectivity index (χ4v) is 6.72. The van der Waals surface area contributed by atoms with Crippen molar-refractivity contribution in [1.82, 2.24) is 0 Å². The molecule has 0 heterocycles. The van der Waals surface area contributed by atoms with Crippen molar-refractivity contribution in [3.63, 3.8) is 0 Å². The van der Waals surface area contributed by atoms with Crippen molar-refractivity contribution in [1.29, 1.82) is 0 Å². The van der Waals surface area contributed by atoms with Gasteiger partial charge in [-0.1, -0.05) is 73.8 Å². The lowest BCUT2D eigenvalue weighted by atomic mass is 9.66. The summed E-state index contributed by atoms with van der Waals surface area (Å²) in [6.45, 7) is 22.4. The standard InChI is InChI=1S/C43H46O8/c1-11-46-39-27(7)37(48-29(9)50-41(44)25(3)4)23-21-35(39)43(33-19-15-13-17-31(33)32-18-14-16-20-34(32)43)36-22-24-38(28(8)40(36)47-12-2)49-30(10)51-42(45)26(5)6/h13-24,29-30H,3,5,11-12H2,1-2,4,6-10H3. The Balaban J connectivity index is 1.78. The molecule has 0 fully saturated rings. The number of carbonyl (C=O) groups excluding carboxylic acids is 2. The summed E-state index contributed by atoms with van der Waals surface area (Å²) in [6, 6.07) is 24.6. The first-order chi connectivity index (χ1) is 24.4. The molecule has 5 rings (SSSR count). The number of fused-ring (bicyclic) bond motifs is 3. The van der Waals surface area contributed by atoms with Crippen molar-refractivity contribution < 1.29 is 38.0 Å². The highest BCUT2D eigenvalue weighted by molar-refractivity contribution is 5.89. The molecule has 2 atom stereocenters. The van der Waals surface area contributed by atoms with E-state index < -0.39 is 29.9 Å². The smallest absolute Gasteiger partial charge is 0.336 e. The molecule has 8 nitrogen and oxygen atoms in total. The average molecular weight is 691 g/mol. The maximum absolute atomic E-state index is 12.3. The molecule has 266 valence electrons. The normalized spacial score (nSPS) is 13.6. The van der Waals surface area contributed by atoms with Crippen LogP contribution in [0.25, 0.3) is 11.1 Å². The first-order valence-corrected chi connectivity index (χ1v) is 17.2. The van der Waals surface area contributed by atoms with Crippen LogP contribution in [0.15, 0.2) is 97.1 Å². The van der Waals surface area contributed by atoms with E-state index in [2.05, 4.69) is 37.4 Å². The molecule has 2 unspecified atom stereocenters. The van der Waals surface area contributed by atoms with E-state index in [1.807, 2.05) is 76.2 Å². The Hall–Kier alpha value is -5.50. The molecule has 0 radical (unpaired) electrons. The van der Waals surface area contributed by atoms with Crippen LogP contribution in [-0.2, 0) is 24.5 Å². The molecule has 0 bridgehead atoms. The molecular weight excluding hydrogens is 644 g/mol. The lowest BCUT2D eigenvalue weighted by Crippen LogP contribution is -2.31. The van der Waals surface area contributed by atoms with Gasteiger partial charge in [0.15, 0.2) is 0 Å². The van der Waals surface area contributed by atoms with Gasteiger partial charge in [0.25, 0.3) is 0 Å². The van der Waals surface area contributed by atoms with Crippen LogP contribution in [0.3, 0.4) is 0 Å². The van der Waals surface area contributed by atoms with Crippen LogP contribution in [0, 0.1) is 13.8 Å². The summed E-state index contributed by atoms with van der Waals surface area (Å²) in [5, 5.41) is 0. The minimum Gasteiger partial charge on any atom is -0.493 e. The highest BCUT2D eigenvalue weighted by Crippen LogP contribution is 2.61. The predicted molar refractivity (Wildman–Crippen MR) is 198 cm³/mol. The van der Waals surface area contributed by atoms with Crippen LogP contribution >= 0.6 is 0 Å². The molecule has 8 heteroatoms. The number of esters is 2. The molecule has 0 aromatic heterocycles. The van der Waals surface area contributed by atoms with Gasteiger partial charge in [0, 0.05) is 47.2 Å². The predicted octanol–water partition coefficient (Wildman–Crippen LogP) is 9.15. The maximum Gasteiger partial charge on any atom is 0.336 e. The Bertz CT molecular complexity index is 1850. The molecule has 51 heavy (non-hydrogen) atoms. The van der Waals surface area contributed by atoms with Crippen LogP contribution < -0.4 is 18.9 Å². The summed E-state index contributed by atoms with van der Waals surface area (Å²) in [6.07, 6.45) is -1.74. The van der Waals surface area contributed by atoms with Crippen LogP contribution in [0.1, 0.15) is 74.9 Å². The molecule has 0 aliphatic heterocycles. The van der Waals surface area contributed by atoms with Gasteiger partial charge < -0.3 is 28.4 Å². The minimum absolute atomic E-state index is 0.284. The van der Waals surface area contributed by atoms with E-state index in [1.165, 1.54) is 0 Å². The largest absolute Gasteiger partial charge is 0.493 e. The Labute approximate surface area is 300 Å². The van der Waals surface area contributed by atoms with E-state index in [1.54, 1.807) is 27.7 Å². The summed E-state index contributed by atoms with van der Waals surface area (Å²) in [5.74, 6) is 1.25. The Kier molecular flexibility index (Phi) is 10.9. The quantitative estimate of drug-likeness (QED) is 0.0648. The summed E-state index contributed by atoms with van der Waals surface area (Å²) in [7, 11) is 0. The lowest BCUT2D eigenvalue weighted by Gasteiger charge is -2.37. The third-order valence-electron chi connectivity index (χ3n) is 8.88. The summed E-state index contributed by atoms with van der Waals surface area (Å²) >= 11 is 0. The van der Waals surface area contributed by atoms with Gasteiger partial charge in [-0.15, -0.1) is 0 Å². The van der Waals surface area contributed by atoms with Gasteiger partial charge in [0.2, 0.25) is 12.6 Å².